The lowest BCUT2D eigenvalue weighted by Crippen LogP contribution is -2.12. The van der Waals surface area contributed by atoms with Crippen LogP contribution in [0.2, 0.25) is 0 Å². The molecule has 2 heterocycles. The number of carbonyl (C=O) groups is 1. The molecule has 0 unspecified atom stereocenters. The fraction of sp³-hybridized carbons (Fsp3) is 0.158. The van der Waals surface area contributed by atoms with E-state index in [4.69, 9.17) is 0 Å². The Labute approximate surface area is 159 Å². The summed E-state index contributed by atoms with van der Waals surface area (Å²) in [4.78, 5) is 17.0. The van der Waals surface area contributed by atoms with Crippen LogP contribution in [-0.2, 0) is 6.54 Å². The third-order valence-corrected chi connectivity index (χ3v) is 5.45. The first kappa shape index (κ1) is 17.6. The number of rotatable bonds is 5. The van der Waals surface area contributed by atoms with E-state index in [2.05, 4.69) is 57.3 Å². The zero-order valence-corrected chi connectivity index (χ0v) is 16.4. The third-order valence-electron chi connectivity index (χ3n) is 4.00. The highest BCUT2D eigenvalue weighted by Gasteiger charge is 2.15. The number of anilines is 1. The van der Waals surface area contributed by atoms with Crippen LogP contribution >= 0.6 is 27.3 Å². The number of carbonyl (C=O) groups excluding carboxylic acids is 1. The summed E-state index contributed by atoms with van der Waals surface area (Å²) in [5.74, 6) is -0.175. The predicted molar refractivity (Wildman–Crippen MR) is 107 cm³/mol. The fourth-order valence-electron chi connectivity index (χ4n) is 2.74. The topological polar surface area (TPSA) is 46.9 Å². The molecular formula is C19H18BrN3OS. The zero-order chi connectivity index (χ0) is 18.0. The molecule has 0 saturated heterocycles. The number of nitrogens with one attached hydrogen (secondary N) is 1. The highest BCUT2D eigenvalue weighted by Crippen LogP contribution is 2.30. The molecule has 3 aromatic rings. The van der Waals surface area contributed by atoms with E-state index in [0.29, 0.717) is 10.7 Å². The first-order valence-corrected chi connectivity index (χ1v) is 9.48. The van der Waals surface area contributed by atoms with Crippen LogP contribution in [0.25, 0.3) is 11.3 Å². The number of nitrogens with zero attached hydrogens (tertiary/aromatic N) is 2. The SMILES string of the molecule is C=CCn1c(C)cc(-c2csc(NC(=O)c3ccccc3Br)n2)c1C. The molecule has 1 N–H and O–H groups in total. The molecule has 0 aliphatic carbocycles. The smallest absolute Gasteiger partial charge is 0.258 e. The molecule has 2 aromatic heterocycles. The van der Waals surface area contributed by atoms with Crippen LogP contribution in [-0.4, -0.2) is 15.5 Å². The molecule has 6 heteroatoms. The number of thiazole rings is 1. The number of hydrogen-bond donors (Lipinski definition) is 1. The van der Waals surface area contributed by atoms with Crippen LogP contribution in [0.15, 0.2) is 52.8 Å². The van der Waals surface area contributed by atoms with Crippen molar-refractivity contribution in [2.24, 2.45) is 0 Å². The molecule has 0 fully saturated rings. The molecule has 1 aromatic carbocycles. The van der Waals surface area contributed by atoms with Gasteiger partial charge in [0.25, 0.3) is 5.91 Å². The molecule has 25 heavy (non-hydrogen) atoms. The van der Waals surface area contributed by atoms with E-state index in [-0.39, 0.29) is 5.91 Å². The molecule has 0 atom stereocenters. The third kappa shape index (κ3) is 3.60. The lowest BCUT2D eigenvalue weighted by Gasteiger charge is -2.05. The van der Waals surface area contributed by atoms with Gasteiger partial charge in [-0.25, -0.2) is 4.98 Å². The van der Waals surface area contributed by atoms with E-state index in [0.717, 1.165) is 28.0 Å². The van der Waals surface area contributed by atoms with Gasteiger partial charge in [-0.15, -0.1) is 17.9 Å². The van der Waals surface area contributed by atoms with Gasteiger partial charge in [0.1, 0.15) is 0 Å². The summed E-state index contributed by atoms with van der Waals surface area (Å²) in [6.45, 7) is 8.72. The zero-order valence-electron chi connectivity index (χ0n) is 14.0. The molecule has 0 aliphatic rings. The van der Waals surface area contributed by atoms with Crippen LogP contribution in [0.1, 0.15) is 21.7 Å². The van der Waals surface area contributed by atoms with Crippen molar-refractivity contribution in [1.29, 1.82) is 0 Å². The molecule has 0 aliphatic heterocycles. The van der Waals surface area contributed by atoms with Crippen LogP contribution in [0.3, 0.4) is 0 Å². The van der Waals surface area contributed by atoms with Crippen LogP contribution in [0, 0.1) is 13.8 Å². The van der Waals surface area contributed by atoms with Gasteiger partial charge in [0.2, 0.25) is 0 Å². The second-order valence-electron chi connectivity index (χ2n) is 5.66. The normalized spacial score (nSPS) is 10.7. The van der Waals surface area contributed by atoms with Gasteiger partial charge in [0, 0.05) is 33.3 Å². The average molecular weight is 416 g/mol. The van der Waals surface area contributed by atoms with Gasteiger partial charge in [-0.3, -0.25) is 10.1 Å². The highest BCUT2D eigenvalue weighted by molar-refractivity contribution is 9.10. The Morgan fingerprint density at radius 2 is 2.16 bits per heavy atom. The maximum atomic E-state index is 12.4. The summed E-state index contributed by atoms with van der Waals surface area (Å²) in [5, 5.41) is 5.43. The second kappa shape index (κ2) is 7.37. The molecule has 128 valence electrons. The maximum Gasteiger partial charge on any atom is 0.258 e. The van der Waals surface area contributed by atoms with Crippen molar-refractivity contribution >= 4 is 38.3 Å². The largest absolute Gasteiger partial charge is 0.345 e. The van der Waals surface area contributed by atoms with Crippen molar-refractivity contribution in [2.45, 2.75) is 20.4 Å². The van der Waals surface area contributed by atoms with Gasteiger partial charge in [-0.1, -0.05) is 18.2 Å². The van der Waals surface area contributed by atoms with Gasteiger partial charge < -0.3 is 4.57 Å². The number of aryl methyl sites for hydroxylation is 1. The maximum absolute atomic E-state index is 12.4. The fourth-order valence-corrected chi connectivity index (χ4v) is 3.91. The Kier molecular flexibility index (Phi) is 5.20. The van der Waals surface area contributed by atoms with E-state index >= 15 is 0 Å². The minimum Gasteiger partial charge on any atom is -0.345 e. The average Bonchev–Trinajstić information content (AvgIpc) is 3.15. The molecular weight excluding hydrogens is 398 g/mol. The summed E-state index contributed by atoms with van der Waals surface area (Å²) >= 11 is 4.82. The quantitative estimate of drug-likeness (QED) is 0.564. The van der Waals surface area contributed by atoms with E-state index in [1.165, 1.54) is 17.0 Å². The Morgan fingerprint density at radius 3 is 2.88 bits per heavy atom. The minimum absolute atomic E-state index is 0.175. The summed E-state index contributed by atoms with van der Waals surface area (Å²) in [6, 6.07) is 9.45. The number of benzene rings is 1. The molecule has 0 bridgehead atoms. The van der Waals surface area contributed by atoms with Crippen molar-refractivity contribution in [3.63, 3.8) is 0 Å². The molecule has 3 rings (SSSR count). The summed E-state index contributed by atoms with van der Waals surface area (Å²) in [7, 11) is 0. The van der Waals surface area contributed by atoms with Gasteiger partial charge in [0.15, 0.2) is 5.13 Å². The number of halogens is 1. The van der Waals surface area contributed by atoms with Gasteiger partial charge in [-0.2, -0.15) is 0 Å². The number of aromatic nitrogens is 2. The van der Waals surface area contributed by atoms with Crippen molar-refractivity contribution in [2.75, 3.05) is 5.32 Å². The molecule has 0 radical (unpaired) electrons. The van der Waals surface area contributed by atoms with Crippen LogP contribution in [0.4, 0.5) is 5.13 Å². The Balaban J connectivity index is 1.84. The first-order chi connectivity index (χ1) is 12.0. The predicted octanol–water partition coefficient (Wildman–Crippen LogP) is 5.43. The van der Waals surface area contributed by atoms with E-state index in [9.17, 15) is 4.79 Å². The van der Waals surface area contributed by atoms with Crippen molar-refractivity contribution in [1.82, 2.24) is 9.55 Å². The highest BCUT2D eigenvalue weighted by atomic mass is 79.9. The van der Waals surface area contributed by atoms with Crippen molar-refractivity contribution in [3.8, 4) is 11.3 Å². The minimum atomic E-state index is -0.175. The monoisotopic (exact) mass is 415 g/mol. The lowest BCUT2D eigenvalue weighted by atomic mass is 10.2. The summed E-state index contributed by atoms with van der Waals surface area (Å²) in [5.41, 5.74) is 4.85. The van der Waals surface area contributed by atoms with E-state index < -0.39 is 0 Å². The lowest BCUT2D eigenvalue weighted by molar-refractivity contribution is 0.102. The van der Waals surface area contributed by atoms with Crippen molar-refractivity contribution in [3.05, 3.63) is 69.8 Å². The Bertz CT molecular complexity index is 942. The Hall–Kier alpha value is -2.18. The first-order valence-electron chi connectivity index (χ1n) is 7.80. The molecule has 0 saturated carbocycles. The van der Waals surface area contributed by atoms with E-state index in [1.54, 1.807) is 6.07 Å². The van der Waals surface area contributed by atoms with Crippen molar-refractivity contribution < 1.29 is 4.79 Å². The van der Waals surface area contributed by atoms with Gasteiger partial charge in [0.05, 0.1) is 11.3 Å². The molecule has 1 amide bonds. The van der Waals surface area contributed by atoms with Crippen LogP contribution < -0.4 is 5.32 Å². The number of allylic oxidation sites excluding steroid dienone is 1. The van der Waals surface area contributed by atoms with Crippen LogP contribution in [0.5, 0.6) is 0 Å². The standard InChI is InChI=1S/C19H18BrN3OS/c1-4-9-23-12(2)10-15(13(23)3)17-11-25-19(21-17)22-18(24)14-7-5-6-8-16(14)20/h4-8,10-11H,1,9H2,2-3H3,(H,21,22,24). The summed E-state index contributed by atoms with van der Waals surface area (Å²) < 4.78 is 2.96. The van der Waals surface area contributed by atoms with Gasteiger partial charge >= 0.3 is 0 Å². The number of hydrogen-bond acceptors (Lipinski definition) is 3. The second-order valence-corrected chi connectivity index (χ2v) is 7.37. The number of amides is 1. The summed E-state index contributed by atoms with van der Waals surface area (Å²) in [6.07, 6.45) is 1.88. The Morgan fingerprint density at radius 1 is 1.40 bits per heavy atom. The molecule has 4 nitrogen and oxygen atoms in total. The molecule has 0 spiro atoms. The van der Waals surface area contributed by atoms with E-state index in [1.807, 2.05) is 29.7 Å². The van der Waals surface area contributed by atoms with Gasteiger partial charge in [-0.05, 0) is 48.0 Å².